The van der Waals surface area contributed by atoms with Crippen molar-refractivity contribution in [3.63, 3.8) is 0 Å². The lowest BCUT2D eigenvalue weighted by molar-refractivity contribution is -0.160. The van der Waals surface area contributed by atoms with Crippen LogP contribution in [-0.2, 0) is 9.53 Å². The molecule has 2 fully saturated rings. The third-order valence-electron chi connectivity index (χ3n) is 4.78. The molecule has 0 spiro atoms. The predicted octanol–water partition coefficient (Wildman–Crippen LogP) is 2.43. The fraction of sp³-hybridized carbons (Fsp3) is 0.421. The average molecular weight is 340 g/mol. The Bertz CT molecular complexity index is 846. The molecule has 1 amide bonds. The lowest BCUT2D eigenvalue weighted by atomic mass is 10.0. The van der Waals surface area contributed by atoms with Crippen molar-refractivity contribution in [2.75, 3.05) is 13.1 Å². The zero-order valence-electron chi connectivity index (χ0n) is 14.0. The number of hydrogen-bond donors (Lipinski definition) is 1. The molecule has 130 valence electrons. The number of carboxylic acids is 1. The molecule has 1 unspecified atom stereocenters. The van der Waals surface area contributed by atoms with Crippen LogP contribution in [0, 0.1) is 0 Å². The van der Waals surface area contributed by atoms with Crippen molar-refractivity contribution in [3.8, 4) is 0 Å². The first-order valence-electron chi connectivity index (χ1n) is 8.60. The highest BCUT2D eigenvalue weighted by atomic mass is 16.5. The van der Waals surface area contributed by atoms with Gasteiger partial charge in [-0.15, -0.1) is 0 Å². The maximum Gasteiger partial charge on any atom is 0.334 e. The summed E-state index contributed by atoms with van der Waals surface area (Å²) >= 11 is 0. The molecule has 2 heterocycles. The second-order valence-electron chi connectivity index (χ2n) is 6.87. The Morgan fingerprint density at radius 3 is 2.72 bits per heavy atom. The van der Waals surface area contributed by atoms with Gasteiger partial charge in [0.1, 0.15) is 0 Å². The van der Waals surface area contributed by atoms with E-state index in [1.807, 2.05) is 30.3 Å². The van der Waals surface area contributed by atoms with Gasteiger partial charge in [-0.2, -0.15) is 0 Å². The minimum Gasteiger partial charge on any atom is -0.479 e. The molecule has 1 saturated heterocycles. The van der Waals surface area contributed by atoms with Gasteiger partial charge in [0, 0.05) is 23.5 Å². The molecule has 2 aromatic rings. The Kier molecular flexibility index (Phi) is 3.92. The van der Waals surface area contributed by atoms with E-state index in [-0.39, 0.29) is 18.6 Å². The number of aliphatic carboxylic acids is 1. The van der Waals surface area contributed by atoms with Crippen LogP contribution in [0.1, 0.15) is 41.7 Å². The highest BCUT2D eigenvalue weighted by Crippen LogP contribution is 2.40. The van der Waals surface area contributed by atoms with Gasteiger partial charge in [-0.05, 0) is 31.9 Å². The van der Waals surface area contributed by atoms with Crippen LogP contribution in [0.3, 0.4) is 0 Å². The third kappa shape index (κ3) is 3.09. The molecule has 2 aliphatic rings. The summed E-state index contributed by atoms with van der Waals surface area (Å²) in [5.41, 5.74) is 2.37. The molecule has 0 bridgehead atoms. The van der Waals surface area contributed by atoms with E-state index in [4.69, 9.17) is 9.72 Å². The largest absolute Gasteiger partial charge is 0.479 e. The predicted molar refractivity (Wildman–Crippen MR) is 91.6 cm³/mol. The van der Waals surface area contributed by atoms with Gasteiger partial charge in [0.15, 0.2) is 6.10 Å². The van der Waals surface area contributed by atoms with Crippen molar-refractivity contribution >= 4 is 22.8 Å². The number of rotatable bonds is 3. The number of aromatic nitrogens is 1. The van der Waals surface area contributed by atoms with E-state index in [0.717, 1.165) is 29.4 Å². The van der Waals surface area contributed by atoms with Gasteiger partial charge in [-0.3, -0.25) is 9.78 Å². The first kappa shape index (κ1) is 16.0. The van der Waals surface area contributed by atoms with Crippen LogP contribution >= 0.6 is 0 Å². The van der Waals surface area contributed by atoms with Gasteiger partial charge in [0.25, 0.3) is 5.91 Å². The second-order valence-corrected chi connectivity index (χ2v) is 6.87. The van der Waals surface area contributed by atoms with Crippen molar-refractivity contribution in [1.82, 2.24) is 9.88 Å². The molecule has 25 heavy (non-hydrogen) atoms. The summed E-state index contributed by atoms with van der Waals surface area (Å²) in [6, 6.07) is 9.50. The Balaban J connectivity index is 1.72. The van der Waals surface area contributed by atoms with Gasteiger partial charge >= 0.3 is 5.97 Å². The normalized spacial score (nSPS) is 23.6. The molecule has 1 aliphatic heterocycles. The lowest BCUT2D eigenvalue weighted by Crippen LogP contribution is -2.51. The number of amides is 1. The highest BCUT2D eigenvalue weighted by Gasteiger charge is 2.34. The summed E-state index contributed by atoms with van der Waals surface area (Å²) in [7, 11) is 0. The van der Waals surface area contributed by atoms with Crippen LogP contribution in [0.15, 0.2) is 30.3 Å². The van der Waals surface area contributed by atoms with Crippen molar-refractivity contribution in [1.29, 1.82) is 0 Å². The fourth-order valence-corrected chi connectivity index (χ4v) is 3.39. The molecular weight excluding hydrogens is 320 g/mol. The number of carbonyl (C=O) groups excluding carboxylic acids is 1. The monoisotopic (exact) mass is 340 g/mol. The summed E-state index contributed by atoms with van der Waals surface area (Å²) < 4.78 is 5.42. The molecule has 1 saturated carbocycles. The fourth-order valence-electron chi connectivity index (χ4n) is 3.39. The molecule has 1 aliphatic carbocycles. The topological polar surface area (TPSA) is 79.7 Å². The minimum absolute atomic E-state index is 0.0634. The molecule has 6 nitrogen and oxygen atoms in total. The summed E-state index contributed by atoms with van der Waals surface area (Å²) in [4.78, 5) is 30.8. The average Bonchev–Trinajstić information content (AvgIpc) is 3.44. The van der Waals surface area contributed by atoms with Gasteiger partial charge in [0.2, 0.25) is 0 Å². The summed E-state index contributed by atoms with van der Waals surface area (Å²) in [6.07, 6.45) is 0.919. The van der Waals surface area contributed by atoms with E-state index in [2.05, 4.69) is 0 Å². The van der Waals surface area contributed by atoms with Crippen LogP contribution in [0.2, 0.25) is 0 Å². The summed E-state index contributed by atoms with van der Waals surface area (Å²) in [5.74, 6) is -0.754. The SMILES string of the molecule is C[C@@H]1CN(C(=O)c2cc(C3CC3)nc3ccccc23)CC(C(=O)O)O1. The number of morpholine rings is 1. The number of benzene rings is 1. The number of para-hydroxylation sites is 1. The van der Waals surface area contributed by atoms with Crippen molar-refractivity contribution in [2.45, 2.75) is 37.9 Å². The first-order valence-corrected chi connectivity index (χ1v) is 8.60. The number of pyridine rings is 1. The molecule has 4 rings (SSSR count). The molecule has 6 heteroatoms. The summed E-state index contributed by atoms with van der Waals surface area (Å²) in [5, 5.41) is 10.1. The van der Waals surface area contributed by atoms with Crippen molar-refractivity contribution in [3.05, 3.63) is 41.6 Å². The van der Waals surface area contributed by atoms with Crippen molar-refractivity contribution < 1.29 is 19.4 Å². The third-order valence-corrected chi connectivity index (χ3v) is 4.78. The van der Waals surface area contributed by atoms with Gasteiger partial charge in [-0.25, -0.2) is 4.79 Å². The van der Waals surface area contributed by atoms with Crippen LogP contribution in [0.4, 0.5) is 0 Å². The van der Waals surface area contributed by atoms with E-state index in [0.29, 0.717) is 18.0 Å². The zero-order chi connectivity index (χ0) is 17.6. The van der Waals surface area contributed by atoms with E-state index in [9.17, 15) is 14.7 Å². The van der Waals surface area contributed by atoms with Crippen LogP contribution in [0.25, 0.3) is 10.9 Å². The van der Waals surface area contributed by atoms with E-state index in [1.54, 1.807) is 11.8 Å². The molecule has 1 aromatic carbocycles. The Hall–Kier alpha value is -2.47. The highest BCUT2D eigenvalue weighted by molar-refractivity contribution is 6.06. The maximum atomic E-state index is 13.2. The Morgan fingerprint density at radius 1 is 1.24 bits per heavy atom. The van der Waals surface area contributed by atoms with E-state index in [1.165, 1.54) is 0 Å². The zero-order valence-corrected chi connectivity index (χ0v) is 14.0. The molecule has 0 radical (unpaired) electrons. The number of ether oxygens (including phenoxy) is 1. The number of carboxylic acid groups (broad SMARTS) is 1. The Morgan fingerprint density at radius 2 is 2.00 bits per heavy atom. The number of fused-ring (bicyclic) bond motifs is 1. The number of nitrogens with zero attached hydrogens (tertiary/aromatic N) is 2. The minimum atomic E-state index is -1.04. The molecular formula is C19H20N2O4. The van der Waals surface area contributed by atoms with Crippen LogP contribution < -0.4 is 0 Å². The standard InChI is InChI=1S/C19H20N2O4/c1-11-9-21(10-17(25-11)19(23)24)18(22)14-8-16(12-6-7-12)20-15-5-3-2-4-13(14)15/h2-5,8,11-12,17H,6-7,9-10H2,1H3,(H,23,24)/t11-,17?/m1/s1. The van der Waals surface area contributed by atoms with E-state index < -0.39 is 12.1 Å². The van der Waals surface area contributed by atoms with Gasteiger partial charge < -0.3 is 14.7 Å². The maximum absolute atomic E-state index is 13.2. The summed E-state index contributed by atoms with van der Waals surface area (Å²) in [6.45, 7) is 2.24. The second kappa shape index (κ2) is 6.11. The van der Waals surface area contributed by atoms with Crippen molar-refractivity contribution in [2.24, 2.45) is 0 Å². The first-order chi connectivity index (χ1) is 12.0. The lowest BCUT2D eigenvalue weighted by Gasteiger charge is -2.35. The number of carbonyl (C=O) groups is 2. The van der Waals surface area contributed by atoms with Crippen LogP contribution in [-0.4, -0.2) is 52.2 Å². The van der Waals surface area contributed by atoms with Gasteiger partial charge in [0.05, 0.1) is 23.7 Å². The van der Waals surface area contributed by atoms with Crippen LogP contribution in [0.5, 0.6) is 0 Å². The quantitative estimate of drug-likeness (QED) is 0.928. The molecule has 1 aromatic heterocycles. The molecule has 1 N–H and O–H groups in total. The molecule has 2 atom stereocenters. The Labute approximate surface area is 145 Å². The van der Waals surface area contributed by atoms with Gasteiger partial charge in [-0.1, -0.05) is 18.2 Å². The number of hydrogen-bond acceptors (Lipinski definition) is 4. The smallest absolute Gasteiger partial charge is 0.334 e. The van der Waals surface area contributed by atoms with E-state index >= 15 is 0 Å².